The minimum absolute atomic E-state index is 0.00368. The molecule has 0 N–H and O–H groups in total. The quantitative estimate of drug-likeness (QED) is 0.317. The average Bonchev–Trinajstić information content (AvgIpc) is 2.27. The summed E-state index contributed by atoms with van der Waals surface area (Å²) in [5.41, 5.74) is 0.00368. The Morgan fingerprint density at radius 1 is 1.28 bits per heavy atom. The highest BCUT2D eigenvalue weighted by molar-refractivity contribution is 9.14. The maximum absolute atomic E-state index is 11.3. The van der Waals surface area contributed by atoms with Gasteiger partial charge in [0.2, 0.25) is 0 Å². The fourth-order valence-electron chi connectivity index (χ4n) is 1.02. The van der Waals surface area contributed by atoms with Gasteiger partial charge >= 0.3 is 0 Å². The summed E-state index contributed by atoms with van der Waals surface area (Å²) in [6.07, 6.45) is 1.14. The minimum atomic E-state index is -3.20. The van der Waals surface area contributed by atoms with Crippen LogP contribution in [0.15, 0.2) is 29.2 Å². The molecule has 0 aromatic heterocycles. The van der Waals surface area contributed by atoms with Crippen molar-refractivity contribution in [1.82, 2.24) is 0 Å². The Balaban J connectivity index is 2.76. The number of thioether (sulfide) groups is 1. The van der Waals surface area contributed by atoms with E-state index in [4.69, 9.17) is 0 Å². The van der Waals surface area contributed by atoms with Gasteiger partial charge in [-0.05, 0) is 12.1 Å². The first kappa shape index (κ1) is 15.9. The van der Waals surface area contributed by atoms with E-state index in [1.807, 2.05) is 0 Å². The van der Waals surface area contributed by atoms with E-state index >= 15 is 0 Å². The van der Waals surface area contributed by atoms with Gasteiger partial charge in [0.1, 0.15) is 4.16 Å². The number of non-ortho nitro benzene ring substituents is 1. The van der Waals surface area contributed by atoms with Crippen LogP contribution in [0, 0.1) is 10.1 Å². The highest BCUT2D eigenvalue weighted by atomic mass is 79.9. The van der Waals surface area contributed by atoms with Crippen LogP contribution in [0.1, 0.15) is 0 Å². The second-order valence-electron chi connectivity index (χ2n) is 3.40. The number of rotatable bonds is 5. The van der Waals surface area contributed by atoms with Gasteiger partial charge in [0.25, 0.3) is 5.69 Å². The number of nitrogens with zero attached hydrogens (tertiary/aromatic N) is 1. The lowest BCUT2D eigenvalue weighted by molar-refractivity contribution is -0.384. The van der Waals surface area contributed by atoms with Gasteiger partial charge in [0.05, 0.1) is 9.08 Å². The smallest absolute Gasteiger partial charge is 0.258 e. The summed E-state index contributed by atoms with van der Waals surface area (Å²) in [6.45, 7) is 0. The number of halogens is 2. The van der Waals surface area contributed by atoms with Gasteiger partial charge in [-0.25, -0.2) is 8.42 Å². The van der Waals surface area contributed by atoms with Crippen LogP contribution >= 0.6 is 43.6 Å². The normalized spacial score (nSPS) is 15.1. The van der Waals surface area contributed by atoms with E-state index in [0.29, 0.717) is 0 Å². The second kappa shape index (κ2) is 6.36. The third kappa shape index (κ3) is 4.52. The number of alkyl halides is 2. The monoisotopic (exact) mass is 417 g/mol. The molecule has 0 radical (unpaired) electrons. The molecule has 0 heterocycles. The lowest BCUT2D eigenvalue weighted by Gasteiger charge is -2.14. The van der Waals surface area contributed by atoms with E-state index in [9.17, 15) is 18.5 Å². The van der Waals surface area contributed by atoms with Crippen LogP contribution in [0.25, 0.3) is 0 Å². The van der Waals surface area contributed by atoms with Crippen LogP contribution in [0.5, 0.6) is 0 Å². The number of nitro groups is 1. The summed E-state index contributed by atoms with van der Waals surface area (Å²) in [5, 5.41) is 10.5. The molecule has 2 unspecified atom stereocenters. The zero-order valence-corrected chi connectivity index (χ0v) is 13.9. The molecule has 0 aliphatic heterocycles. The predicted molar refractivity (Wildman–Crippen MR) is 79.2 cm³/mol. The number of benzene rings is 1. The summed E-state index contributed by atoms with van der Waals surface area (Å²) in [6, 6.07) is 5.93. The number of nitro benzene ring substituents is 1. The molecule has 0 aliphatic rings. The van der Waals surface area contributed by atoms with Crippen LogP contribution in [0.3, 0.4) is 0 Å². The van der Waals surface area contributed by atoms with Crippen molar-refractivity contribution in [3.63, 3.8) is 0 Å². The highest BCUT2D eigenvalue weighted by Crippen LogP contribution is 2.35. The molecule has 1 rings (SSSR count). The molecule has 9 heteroatoms. The van der Waals surface area contributed by atoms with Crippen molar-refractivity contribution >= 4 is 59.1 Å². The first-order chi connectivity index (χ1) is 8.21. The third-order valence-electron chi connectivity index (χ3n) is 1.91. The predicted octanol–water partition coefficient (Wildman–Crippen LogP) is 3.17. The Hall–Kier alpha value is -0.120. The Morgan fingerprint density at radius 3 is 2.17 bits per heavy atom. The van der Waals surface area contributed by atoms with E-state index in [0.717, 1.165) is 11.2 Å². The highest BCUT2D eigenvalue weighted by Gasteiger charge is 2.26. The van der Waals surface area contributed by atoms with E-state index in [1.54, 1.807) is 12.1 Å². The van der Waals surface area contributed by atoms with E-state index in [1.165, 1.54) is 23.9 Å². The summed E-state index contributed by atoms with van der Waals surface area (Å²) < 4.78 is 21.5. The Labute approximate surface area is 126 Å². The van der Waals surface area contributed by atoms with Crippen molar-refractivity contribution in [3.05, 3.63) is 34.4 Å². The second-order valence-corrected chi connectivity index (χ2v) is 9.97. The van der Waals surface area contributed by atoms with E-state index < -0.39 is 18.9 Å². The van der Waals surface area contributed by atoms with Crippen LogP contribution in [-0.4, -0.2) is 27.9 Å². The molecular formula is C9H9Br2NO4S2. The van der Waals surface area contributed by atoms with Crippen LogP contribution < -0.4 is 0 Å². The molecule has 0 bridgehead atoms. The first-order valence-electron chi connectivity index (χ1n) is 4.60. The molecule has 2 atom stereocenters. The molecule has 0 saturated heterocycles. The Kier molecular flexibility index (Phi) is 5.63. The van der Waals surface area contributed by atoms with Crippen molar-refractivity contribution in [2.24, 2.45) is 0 Å². The molecule has 5 nitrogen and oxygen atoms in total. The number of hydrogen-bond acceptors (Lipinski definition) is 5. The van der Waals surface area contributed by atoms with Gasteiger partial charge in [0, 0.05) is 23.3 Å². The standard InChI is InChI=1S/C9H9Br2NO4S2/c1-18(15,16)9(11)8(10)17-7-4-2-6(3-5-7)12(13)14/h2-5,8-9H,1H3. The van der Waals surface area contributed by atoms with E-state index in [-0.39, 0.29) is 9.85 Å². The maximum atomic E-state index is 11.3. The lowest BCUT2D eigenvalue weighted by atomic mass is 10.3. The van der Waals surface area contributed by atoms with Crippen molar-refractivity contribution in [2.75, 3.05) is 6.26 Å². The zero-order valence-electron chi connectivity index (χ0n) is 9.12. The minimum Gasteiger partial charge on any atom is -0.258 e. The van der Waals surface area contributed by atoms with Crippen LogP contribution in [-0.2, 0) is 9.84 Å². The number of sulfone groups is 1. The molecule has 0 saturated carbocycles. The van der Waals surface area contributed by atoms with Gasteiger partial charge in [-0.15, -0.1) is 11.8 Å². The SMILES string of the molecule is CS(=O)(=O)C(Br)C(Br)Sc1ccc([N+](=O)[O-])cc1. The Bertz CT molecular complexity index is 532. The number of hydrogen-bond donors (Lipinski definition) is 0. The molecule has 0 amide bonds. The topological polar surface area (TPSA) is 77.3 Å². The summed E-state index contributed by atoms with van der Waals surface area (Å²) >= 11 is 7.63. The van der Waals surface area contributed by atoms with Crippen LogP contribution in [0.2, 0.25) is 0 Å². The summed E-state index contributed by atoms with van der Waals surface area (Å²) in [7, 11) is -3.20. The largest absolute Gasteiger partial charge is 0.269 e. The fourth-order valence-corrected chi connectivity index (χ4v) is 4.99. The van der Waals surface area contributed by atoms with Gasteiger partial charge < -0.3 is 0 Å². The van der Waals surface area contributed by atoms with Crippen LogP contribution in [0.4, 0.5) is 5.69 Å². The van der Waals surface area contributed by atoms with E-state index in [2.05, 4.69) is 31.9 Å². The van der Waals surface area contributed by atoms with Gasteiger partial charge in [0.15, 0.2) is 9.84 Å². The lowest BCUT2D eigenvalue weighted by Crippen LogP contribution is -2.20. The fraction of sp³-hybridized carbons (Fsp3) is 0.333. The molecule has 18 heavy (non-hydrogen) atoms. The maximum Gasteiger partial charge on any atom is 0.269 e. The first-order valence-corrected chi connectivity index (χ1v) is 9.26. The summed E-state index contributed by atoms with van der Waals surface area (Å²) in [5.74, 6) is 0. The molecule has 0 fully saturated rings. The van der Waals surface area contributed by atoms with Crippen molar-refractivity contribution in [3.8, 4) is 0 Å². The molecule has 100 valence electrons. The summed E-state index contributed by atoms with van der Waals surface area (Å²) in [4.78, 5) is 10.7. The van der Waals surface area contributed by atoms with Crippen molar-refractivity contribution < 1.29 is 13.3 Å². The van der Waals surface area contributed by atoms with Crippen molar-refractivity contribution in [2.45, 2.75) is 13.2 Å². The zero-order chi connectivity index (χ0) is 13.9. The van der Waals surface area contributed by atoms with Gasteiger partial charge in [-0.3, -0.25) is 10.1 Å². The van der Waals surface area contributed by atoms with Crippen molar-refractivity contribution in [1.29, 1.82) is 0 Å². The molecule has 0 aliphatic carbocycles. The molecular weight excluding hydrogens is 410 g/mol. The Morgan fingerprint density at radius 2 is 1.78 bits per heavy atom. The molecule has 1 aromatic carbocycles. The molecule has 1 aromatic rings. The molecule has 0 spiro atoms. The van der Waals surface area contributed by atoms with Gasteiger partial charge in [-0.2, -0.15) is 0 Å². The third-order valence-corrected chi connectivity index (χ3v) is 9.28. The van der Waals surface area contributed by atoms with Gasteiger partial charge in [-0.1, -0.05) is 31.9 Å². The average molecular weight is 419 g/mol.